The molecule has 1 atom stereocenters. The van der Waals surface area contributed by atoms with Gasteiger partial charge in [0.1, 0.15) is 0 Å². The van der Waals surface area contributed by atoms with E-state index in [-0.39, 0.29) is 6.61 Å². The highest BCUT2D eigenvalue weighted by Gasteiger charge is 2.10. The van der Waals surface area contributed by atoms with Gasteiger partial charge in [-0.3, -0.25) is 4.79 Å². The highest BCUT2D eigenvalue weighted by molar-refractivity contribution is 6.57. The first-order chi connectivity index (χ1) is 6.15. The van der Waals surface area contributed by atoms with Gasteiger partial charge in [-0.05, 0) is 5.57 Å². The van der Waals surface area contributed by atoms with Gasteiger partial charge in [0.25, 0.3) is 0 Å². The zero-order valence-corrected chi connectivity index (χ0v) is 7.36. The number of hydrogen-bond donors (Lipinski definition) is 2. The average molecular weight is 177 g/mol. The monoisotopic (exact) mass is 177 g/mol. The van der Waals surface area contributed by atoms with Gasteiger partial charge >= 0.3 is 0 Å². The minimum absolute atomic E-state index is 0.228. The summed E-state index contributed by atoms with van der Waals surface area (Å²) in [6, 6.07) is -0.520. The molecule has 68 valence electrons. The van der Waals surface area contributed by atoms with Crippen molar-refractivity contribution < 1.29 is 9.90 Å². The predicted octanol–water partition coefficient (Wildman–Crippen LogP) is 0.524. The molecule has 0 aromatic heterocycles. The third-order valence-corrected chi connectivity index (χ3v) is 1.45. The van der Waals surface area contributed by atoms with E-state index in [2.05, 4.69) is 18.5 Å². The predicted molar refractivity (Wildman–Crippen MR) is 53.6 cm³/mol. The van der Waals surface area contributed by atoms with Crippen LogP contribution in [0.15, 0.2) is 37.0 Å². The van der Waals surface area contributed by atoms with E-state index in [1.165, 1.54) is 6.08 Å². The number of aliphatic hydroxyl groups excluding tert-OH is 1. The minimum Gasteiger partial charge on any atom is -0.394 e. The summed E-state index contributed by atoms with van der Waals surface area (Å²) in [4.78, 5) is 10.5. The van der Waals surface area contributed by atoms with Crippen LogP contribution in [0.3, 0.4) is 0 Å². The Labute approximate surface area is 79.2 Å². The molecule has 2 N–H and O–H groups in total. The van der Waals surface area contributed by atoms with Gasteiger partial charge in [-0.15, -0.1) is 0 Å². The van der Waals surface area contributed by atoms with Crippen molar-refractivity contribution in [3.8, 4) is 0 Å². The van der Waals surface area contributed by atoms with E-state index in [4.69, 9.17) is 13.0 Å². The van der Waals surface area contributed by atoms with Gasteiger partial charge in [0.15, 0.2) is 5.81 Å². The zero-order valence-electron chi connectivity index (χ0n) is 7.36. The van der Waals surface area contributed by atoms with Crippen molar-refractivity contribution >= 4 is 13.7 Å². The fraction of sp³-hybridized carbons (Fsp3) is 0.222. The van der Waals surface area contributed by atoms with Crippen LogP contribution in [-0.2, 0) is 0 Å². The molecule has 0 bridgehead atoms. The van der Waals surface area contributed by atoms with Crippen LogP contribution in [0.5, 0.6) is 0 Å². The molecule has 2 radical (unpaired) electrons. The fourth-order valence-electron chi connectivity index (χ4n) is 0.869. The van der Waals surface area contributed by atoms with Crippen LogP contribution in [0, 0.1) is 0 Å². The first-order valence-electron chi connectivity index (χ1n) is 3.77. The number of nitrogens with one attached hydrogen (secondary N) is 1. The molecular formula is C9H12BNO2. The molecule has 0 heterocycles. The van der Waals surface area contributed by atoms with Crippen molar-refractivity contribution in [3.63, 3.8) is 0 Å². The molecule has 4 heteroatoms. The van der Waals surface area contributed by atoms with Crippen molar-refractivity contribution in [2.75, 3.05) is 6.61 Å². The summed E-state index contributed by atoms with van der Waals surface area (Å²) in [6.45, 7) is 6.80. The number of allylic oxidation sites excluding steroid dienone is 2. The van der Waals surface area contributed by atoms with Gasteiger partial charge < -0.3 is 10.4 Å². The van der Waals surface area contributed by atoms with Crippen molar-refractivity contribution in [3.05, 3.63) is 37.0 Å². The second-order valence-corrected chi connectivity index (χ2v) is 2.35. The Balaban J connectivity index is 4.51. The lowest BCUT2D eigenvalue weighted by Crippen LogP contribution is -2.37. The number of rotatable bonds is 5. The molecule has 0 aliphatic carbocycles. The normalized spacial score (nSPS) is 13.2. The van der Waals surface area contributed by atoms with Crippen LogP contribution in [0.25, 0.3) is 0 Å². The highest BCUT2D eigenvalue weighted by atomic mass is 16.3. The van der Waals surface area contributed by atoms with E-state index in [0.29, 0.717) is 5.57 Å². The molecule has 0 saturated heterocycles. The lowest BCUT2D eigenvalue weighted by molar-refractivity contribution is 0.239. The summed E-state index contributed by atoms with van der Waals surface area (Å²) in [5.74, 6) is -0.684. The number of aliphatic hydroxyl groups is 1. The molecular weight excluding hydrogens is 165 g/mol. The molecule has 0 fully saturated rings. The molecule has 1 unspecified atom stereocenters. The summed E-state index contributed by atoms with van der Waals surface area (Å²) >= 11 is 0. The van der Waals surface area contributed by atoms with Gasteiger partial charge in [0.05, 0.1) is 12.6 Å². The maximum absolute atomic E-state index is 10.5. The molecule has 1 amide bonds. The Morgan fingerprint density at radius 2 is 2.23 bits per heavy atom. The fourth-order valence-corrected chi connectivity index (χ4v) is 0.869. The molecule has 0 aliphatic rings. The lowest BCUT2D eigenvalue weighted by atomic mass is 10.0. The Morgan fingerprint density at radius 3 is 2.54 bits per heavy atom. The Hall–Kier alpha value is -1.29. The molecule has 0 aliphatic heterocycles. The Morgan fingerprint density at radius 1 is 1.62 bits per heavy atom. The number of carbonyl (C=O) groups excluding carboxylic acids is 1. The van der Waals surface area contributed by atoms with E-state index in [1.807, 2.05) is 0 Å². The first kappa shape index (κ1) is 11.7. The maximum Gasteiger partial charge on any atom is 0.200 e. The maximum atomic E-state index is 10.5. The lowest BCUT2D eigenvalue weighted by Gasteiger charge is -2.16. The molecule has 3 nitrogen and oxygen atoms in total. The third kappa shape index (κ3) is 4.33. The van der Waals surface area contributed by atoms with Crippen molar-refractivity contribution in [2.45, 2.75) is 6.04 Å². The quantitative estimate of drug-likeness (QED) is 0.475. The summed E-state index contributed by atoms with van der Waals surface area (Å²) in [5, 5.41) is 11.3. The first-order valence-corrected chi connectivity index (χ1v) is 3.77. The molecule has 0 saturated carbocycles. The van der Waals surface area contributed by atoms with Crippen molar-refractivity contribution in [2.24, 2.45) is 0 Å². The van der Waals surface area contributed by atoms with Crippen LogP contribution in [0.1, 0.15) is 0 Å². The van der Waals surface area contributed by atoms with Crippen LogP contribution in [0.4, 0.5) is 4.79 Å². The van der Waals surface area contributed by atoms with Gasteiger partial charge in [-0.25, -0.2) is 0 Å². The standard InChI is InChI=1S/C9H12BNO2/c1-3-5-7(4-2)8(6-12)11-9(10)13/h3-5,8,12H,1-2,6H2,(H,11,13). The van der Waals surface area contributed by atoms with Gasteiger partial charge in [0.2, 0.25) is 7.85 Å². The smallest absolute Gasteiger partial charge is 0.200 e. The number of carbonyl (C=O) groups is 1. The van der Waals surface area contributed by atoms with E-state index in [9.17, 15) is 4.79 Å². The second kappa shape index (κ2) is 6.26. The molecule has 0 spiro atoms. The average Bonchev–Trinajstić information content (AvgIpc) is 2.10. The van der Waals surface area contributed by atoms with E-state index in [1.54, 1.807) is 12.2 Å². The number of amides is 1. The topological polar surface area (TPSA) is 49.3 Å². The van der Waals surface area contributed by atoms with Gasteiger partial charge in [0, 0.05) is 0 Å². The Bertz CT molecular complexity index is 236. The summed E-state index contributed by atoms with van der Waals surface area (Å²) in [6.07, 6.45) is 4.71. The Kier molecular flexibility index (Phi) is 5.64. The zero-order chi connectivity index (χ0) is 10.3. The SMILES string of the molecule is [B]C(=O)NC(CO)C(C=C)=CC=C. The largest absolute Gasteiger partial charge is 0.394 e. The molecule has 0 rings (SSSR count). The van der Waals surface area contributed by atoms with E-state index < -0.39 is 11.8 Å². The van der Waals surface area contributed by atoms with Gasteiger partial charge in [-0.1, -0.05) is 31.4 Å². The van der Waals surface area contributed by atoms with E-state index in [0.717, 1.165) is 0 Å². The third-order valence-electron chi connectivity index (χ3n) is 1.45. The summed E-state index contributed by atoms with van der Waals surface area (Å²) < 4.78 is 0. The van der Waals surface area contributed by atoms with Crippen molar-refractivity contribution in [1.29, 1.82) is 0 Å². The van der Waals surface area contributed by atoms with Crippen LogP contribution in [-0.4, -0.2) is 31.4 Å². The van der Waals surface area contributed by atoms with Crippen molar-refractivity contribution in [1.82, 2.24) is 5.32 Å². The van der Waals surface area contributed by atoms with Crippen LogP contribution >= 0.6 is 0 Å². The van der Waals surface area contributed by atoms with Gasteiger partial charge in [-0.2, -0.15) is 0 Å². The van der Waals surface area contributed by atoms with Crippen LogP contribution in [0.2, 0.25) is 0 Å². The highest BCUT2D eigenvalue weighted by Crippen LogP contribution is 2.03. The van der Waals surface area contributed by atoms with Crippen LogP contribution < -0.4 is 5.32 Å². The summed E-state index contributed by atoms with van der Waals surface area (Å²) in [7, 11) is 4.91. The molecule has 0 aromatic rings. The second-order valence-electron chi connectivity index (χ2n) is 2.35. The minimum atomic E-state index is -0.684. The van der Waals surface area contributed by atoms with E-state index >= 15 is 0 Å². The molecule has 13 heavy (non-hydrogen) atoms. The number of hydrogen-bond acceptors (Lipinski definition) is 2. The summed E-state index contributed by atoms with van der Waals surface area (Å²) in [5.41, 5.74) is 0.663. The molecule has 0 aromatic carbocycles.